The van der Waals surface area contributed by atoms with Gasteiger partial charge in [0.05, 0.1) is 5.56 Å². The van der Waals surface area contributed by atoms with Crippen LogP contribution in [0.5, 0.6) is 0 Å². The summed E-state index contributed by atoms with van der Waals surface area (Å²) in [6, 6.07) is 10.6. The van der Waals surface area contributed by atoms with Crippen LogP contribution in [0.25, 0.3) is 6.08 Å². The zero-order chi connectivity index (χ0) is 13.5. The second kappa shape index (κ2) is 6.26. The molecule has 1 aromatic heterocycles. The smallest absolute Gasteiger partial charge is 0.257 e. The Morgan fingerprint density at radius 3 is 2.74 bits per heavy atom. The molecule has 0 aliphatic heterocycles. The molecule has 1 amide bonds. The number of nitrogens with one attached hydrogen (secondary N) is 1. The first-order valence-electron chi connectivity index (χ1n) is 5.73. The number of benzene rings is 1. The maximum atomic E-state index is 12.0. The first-order valence-corrected chi connectivity index (χ1v) is 5.73. The zero-order valence-corrected chi connectivity index (χ0v) is 10.1. The predicted molar refractivity (Wildman–Crippen MR) is 73.7 cm³/mol. The highest BCUT2D eigenvalue weighted by Gasteiger charge is 2.07. The van der Waals surface area contributed by atoms with Crippen LogP contribution in [0.2, 0.25) is 0 Å². The third-order valence-corrected chi connectivity index (χ3v) is 2.49. The second-order valence-electron chi connectivity index (χ2n) is 3.78. The zero-order valence-electron chi connectivity index (χ0n) is 10.1. The van der Waals surface area contributed by atoms with E-state index in [9.17, 15) is 9.59 Å². The number of rotatable bonds is 4. The van der Waals surface area contributed by atoms with Crippen molar-refractivity contribution < 1.29 is 9.59 Å². The average molecular weight is 252 g/mol. The van der Waals surface area contributed by atoms with Crippen molar-refractivity contribution in [1.82, 2.24) is 4.98 Å². The fourth-order valence-corrected chi connectivity index (χ4v) is 1.59. The molecule has 0 unspecified atom stereocenters. The van der Waals surface area contributed by atoms with Gasteiger partial charge in [-0.15, -0.1) is 0 Å². The van der Waals surface area contributed by atoms with Gasteiger partial charge in [-0.2, -0.15) is 0 Å². The summed E-state index contributed by atoms with van der Waals surface area (Å²) < 4.78 is 0. The lowest BCUT2D eigenvalue weighted by Crippen LogP contribution is -2.12. The van der Waals surface area contributed by atoms with Crippen LogP contribution in [0.15, 0.2) is 54.9 Å². The van der Waals surface area contributed by atoms with Crippen LogP contribution in [-0.2, 0) is 4.79 Å². The minimum absolute atomic E-state index is 0.236. The lowest BCUT2D eigenvalue weighted by atomic mass is 10.1. The number of aldehydes is 1. The number of hydrogen-bond donors (Lipinski definition) is 1. The van der Waals surface area contributed by atoms with E-state index < -0.39 is 0 Å². The third-order valence-electron chi connectivity index (χ3n) is 2.49. The van der Waals surface area contributed by atoms with Crippen LogP contribution in [0.4, 0.5) is 5.69 Å². The Morgan fingerprint density at radius 2 is 2.00 bits per heavy atom. The molecule has 0 spiro atoms. The minimum atomic E-state index is -0.236. The number of allylic oxidation sites excluding steroid dienone is 1. The summed E-state index contributed by atoms with van der Waals surface area (Å²) in [5.41, 5.74) is 1.90. The molecule has 0 aliphatic rings. The summed E-state index contributed by atoms with van der Waals surface area (Å²) in [6.45, 7) is 0. The van der Waals surface area contributed by atoms with E-state index in [4.69, 9.17) is 0 Å². The van der Waals surface area contributed by atoms with Crippen molar-refractivity contribution in [2.45, 2.75) is 0 Å². The minimum Gasteiger partial charge on any atom is -0.321 e. The number of pyridine rings is 1. The molecule has 94 valence electrons. The van der Waals surface area contributed by atoms with Gasteiger partial charge in [0.15, 0.2) is 0 Å². The Hall–Kier alpha value is -2.75. The highest BCUT2D eigenvalue weighted by molar-refractivity contribution is 6.05. The number of amides is 1. The molecule has 0 atom stereocenters. The van der Waals surface area contributed by atoms with Gasteiger partial charge in [0.2, 0.25) is 0 Å². The largest absolute Gasteiger partial charge is 0.321 e. The Bertz CT molecular complexity index is 607. The summed E-state index contributed by atoms with van der Waals surface area (Å²) >= 11 is 0. The Kier molecular flexibility index (Phi) is 4.18. The molecular formula is C15H12N2O2. The maximum Gasteiger partial charge on any atom is 0.257 e. The first-order chi connectivity index (χ1) is 9.31. The summed E-state index contributed by atoms with van der Waals surface area (Å²) in [5, 5.41) is 2.79. The molecule has 0 saturated heterocycles. The molecule has 4 heteroatoms. The van der Waals surface area contributed by atoms with Crippen molar-refractivity contribution in [3.05, 3.63) is 66.0 Å². The SMILES string of the molecule is O=C/C=C/c1ccccc1NC(=O)c1cccnc1. The second-order valence-corrected chi connectivity index (χ2v) is 3.78. The van der Waals surface area contributed by atoms with E-state index >= 15 is 0 Å². The molecule has 2 aromatic rings. The highest BCUT2D eigenvalue weighted by atomic mass is 16.1. The van der Waals surface area contributed by atoms with Gasteiger partial charge in [0.25, 0.3) is 5.91 Å². The van der Waals surface area contributed by atoms with Gasteiger partial charge in [-0.1, -0.05) is 18.2 Å². The van der Waals surface area contributed by atoms with Gasteiger partial charge in [-0.05, 0) is 35.9 Å². The molecule has 0 saturated carbocycles. The average Bonchev–Trinajstić information content (AvgIpc) is 2.47. The number of carbonyl (C=O) groups is 2. The number of hydrogen-bond acceptors (Lipinski definition) is 3. The summed E-state index contributed by atoms with van der Waals surface area (Å²) in [4.78, 5) is 26.2. The number of aromatic nitrogens is 1. The van der Waals surface area contributed by atoms with Gasteiger partial charge >= 0.3 is 0 Å². The van der Waals surface area contributed by atoms with Gasteiger partial charge in [-0.3, -0.25) is 14.6 Å². The topological polar surface area (TPSA) is 59.1 Å². The maximum absolute atomic E-state index is 12.0. The molecule has 0 fully saturated rings. The lowest BCUT2D eigenvalue weighted by Gasteiger charge is -2.08. The molecule has 1 N–H and O–H groups in total. The standard InChI is InChI=1S/C15H12N2O2/c18-10-4-7-12-5-1-2-8-14(12)17-15(19)13-6-3-9-16-11-13/h1-11H,(H,17,19)/b7-4+. The summed E-state index contributed by atoms with van der Waals surface area (Å²) in [7, 11) is 0. The van der Waals surface area contributed by atoms with E-state index in [2.05, 4.69) is 10.3 Å². The summed E-state index contributed by atoms with van der Waals surface area (Å²) in [6.07, 6.45) is 6.83. The van der Waals surface area contributed by atoms with E-state index in [-0.39, 0.29) is 5.91 Å². The molecule has 1 aromatic carbocycles. The molecule has 0 radical (unpaired) electrons. The van der Waals surface area contributed by atoms with Crippen LogP contribution in [0.3, 0.4) is 0 Å². The van der Waals surface area contributed by atoms with Crippen molar-refractivity contribution in [3.63, 3.8) is 0 Å². The fourth-order valence-electron chi connectivity index (χ4n) is 1.59. The van der Waals surface area contributed by atoms with Crippen molar-refractivity contribution in [1.29, 1.82) is 0 Å². The van der Waals surface area contributed by atoms with E-state index in [0.717, 1.165) is 5.56 Å². The lowest BCUT2D eigenvalue weighted by molar-refractivity contribution is -0.104. The fraction of sp³-hybridized carbons (Fsp3) is 0. The van der Waals surface area contributed by atoms with Crippen molar-refractivity contribution in [3.8, 4) is 0 Å². The number of nitrogens with zero attached hydrogens (tertiary/aromatic N) is 1. The van der Waals surface area contributed by atoms with Gasteiger partial charge in [0.1, 0.15) is 6.29 Å². The van der Waals surface area contributed by atoms with Crippen molar-refractivity contribution in [2.75, 3.05) is 5.32 Å². The normalized spacial score (nSPS) is 10.3. The van der Waals surface area contributed by atoms with Crippen LogP contribution < -0.4 is 5.32 Å². The number of anilines is 1. The van der Waals surface area contributed by atoms with E-state index in [0.29, 0.717) is 17.5 Å². The molecule has 0 bridgehead atoms. The molecular weight excluding hydrogens is 240 g/mol. The molecule has 4 nitrogen and oxygen atoms in total. The molecule has 0 aliphatic carbocycles. The Balaban J connectivity index is 2.22. The highest BCUT2D eigenvalue weighted by Crippen LogP contribution is 2.17. The van der Waals surface area contributed by atoms with Crippen LogP contribution in [-0.4, -0.2) is 17.2 Å². The summed E-state index contributed by atoms with van der Waals surface area (Å²) in [5.74, 6) is -0.236. The number of carbonyl (C=O) groups excluding carboxylic acids is 2. The van der Waals surface area contributed by atoms with Crippen LogP contribution in [0.1, 0.15) is 15.9 Å². The van der Waals surface area contributed by atoms with E-state index in [1.807, 2.05) is 18.2 Å². The third kappa shape index (κ3) is 3.35. The molecule has 19 heavy (non-hydrogen) atoms. The van der Waals surface area contributed by atoms with Gasteiger partial charge < -0.3 is 5.32 Å². The van der Waals surface area contributed by atoms with Crippen LogP contribution in [0, 0.1) is 0 Å². The first kappa shape index (κ1) is 12.7. The molecule has 2 rings (SSSR count). The molecule has 1 heterocycles. The Labute approximate surface area is 110 Å². The van der Waals surface area contributed by atoms with Gasteiger partial charge in [-0.25, -0.2) is 0 Å². The monoisotopic (exact) mass is 252 g/mol. The van der Waals surface area contributed by atoms with Crippen molar-refractivity contribution >= 4 is 24.0 Å². The quantitative estimate of drug-likeness (QED) is 0.672. The number of para-hydroxylation sites is 1. The predicted octanol–water partition coefficient (Wildman–Crippen LogP) is 2.55. The van der Waals surface area contributed by atoms with E-state index in [1.165, 1.54) is 12.3 Å². The Morgan fingerprint density at radius 1 is 1.16 bits per heavy atom. The van der Waals surface area contributed by atoms with Crippen LogP contribution >= 0.6 is 0 Å². The van der Waals surface area contributed by atoms with Gasteiger partial charge in [0, 0.05) is 18.1 Å². The van der Waals surface area contributed by atoms with Crippen molar-refractivity contribution in [2.24, 2.45) is 0 Å². The van der Waals surface area contributed by atoms with E-state index in [1.54, 1.807) is 30.5 Å².